The fourth-order valence-electron chi connectivity index (χ4n) is 4.91. The van der Waals surface area contributed by atoms with Gasteiger partial charge in [0.15, 0.2) is 0 Å². The summed E-state index contributed by atoms with van der Waals surface area (Å²) in [6.07, 6.45) is -1.03. The number of carbonyl (C=O) groups excluding carboxylic acids is 1. The van der Waals surface area contributed by atoms with Gasteiger partial charge in [0.25, 0.3) is 5.91 Å². The Bertz CT molecular complexity index is 1270. The lowest BCUT2D eigenvalue weighted by Gasteiger charge is -2.20. The fraction of sp³-hybridized carbons (Fsp3) is 0.379. The van der Waals surface area contributed by atoms with Crippen molar-refractivity contribution in [2.45, 2.75) is 64.1 Å². The highest BCUT2D eigenvalue weighted by atomic mass is 19.4. The molecular formula is C29H31F3N2O3. The van der Waals surface area contributed by atoms with E-state index in [1.54, 1.807) is 6.07 Å². The molecule has 37 heavy (non-hydrogen) atoms. The zero-order chi connectivity index (χ0) is 26.7. The molecule has 1 saturated carbocycles. The molecule has 196 valence electrons. The van der Waals surface area contributed by atoms with Crippen LogP contribution < -0.4 is 5.32 Å². The topological polar surface area (TPSA) is 71.3 Å². The van der Waals surface area contributed by atoms with E-state index in [4.69, 9.17) is 0 Å². The second kappa shape index (κ2) is 10.8. The number of nitrogens with zero attached hydrogens (tertiary/aromatic N) is 1. The number of carboxylic acids is 1. The molecule has 3 aromatic rings. The van der Waals surface area contributed by atoms with Crippen LogP contribution in [0.4, 0.5) is 18.9 Å². The first kappa shape index (κ1) is 26.5. The number of aliphatic carboxylic acids is 1. The number of hydrogen-bond donors (Lipinski definition) is 2. The summed E-state index contributed by atoms with van der Waals surface area (Å²) < 4.78 is 42.7. The van der Waals surface area contributed by atoms with Crippen LogP contribution in [0.25, 0.3) is 0 Å². The number of rotatable bonds is 10. The fourth-order valence-corrected chi connectivity index (χ4v) is 4.91. The van der Waals surface area contributed by atoms with E-state index >= 15 is 0 Å². The van der Waals surface area contributed by atoms with Gasteiger partial charge in [0, 0.05) is 17.4 Å². The largest absolute Gasteiger partial charge is 0.481 e. The van der Waals surface area contributed by atoms with Gasteiger partial charge in [-0.05, 0) is 86.4 Å². The SMILES string of the molecule is CCC(C)n1c(CCCc2ccccc2)ccc1C(=O)Nc1ccc(C(F)(F)F)c([C@@H]2C[C@H]2C(=O)O)c1. The highest BCUT2D eigenvalue weighted by Crippen LogP contribution is 2.51. The second-order valence-corrected chi connectivity index (χ2v) is 9.72. The maximum Gasteiger partial charge on any atom is 0.416 e. The Labute approximate surface area is 214 Å². The number of hydrogen-bond acceptors (Lipinski definition) is 2. The first-order valence-electron chi connectivity index (χ1n) is 12.6. The third-order valence-electron chi connectivity index (χ3n) is 7.13. The maximum absolute atomic E-state index is 13.6. The monoisotopic (exact) mass is 512 g/mol. The van der Waals surface area contributed by atoms with Gasteiger partial charge in [0.2, 0.25) is 0 Å². The Kier molecular flexibility index (Phi) is 7.76. The lowest BCUT2D eigenvalue weighted by atomic mass is 10.0. The molecule has 2 N–H and O–H groups in total. The summed E-state index contributed by atoms with van der Waals surface area (Å²) in [6, 6.07) is 17.4. The minimum Gasteiger partial charge on any atom is -0.481 e. The molecule has 8 heteroatoms. The molecule has 1 unspecified atom stereocenters. The van der Waals surface area contributed by atoms with Gasteiger partial charge in [0.05, 0.1) is 11.5 Å². The molecular weight excluding hydrogens is 481 g/mol. The van der Waals surface area contributed by atoms with Crippen LogP contribution in [0.5, 0.6) is 0 Å². The minimum atomic E-state index is -4.61. The molecule has 1 fully saturated rings. The van der Waals surface area contributed by atoms with Crippen molar-refractivity contribution in [2.24, 2.45) is 5.92 Å². The average Bonchev–Trinajstić information content (AvgIpc) is 3.56. The van der Waals surface area contributed by atoms with Gasteiger partial charge >= 0.3 is 12.1 Å². The Morgan fingerprint density at radius 3 is 2.43 bits per heavy atom. The van der Waals surface area contributed by atoms with Crippen LogP contribution in [-0.4, -0.2) is 21.6 Å². The number of nitrogens with one attached hydrogen (secondary N) is 1. The van der Waals surface area contributed by atoms with Gasteiger partial charge in [-0.15, -0.1) is 0 Å². The van der Waals surface area contributed by atoms with Crippen molar-refractivity contribution in [1.82, 2.24) is 4.57 Å². The van der Waals surface area contributed by atoms with E-state index in [1.165, 1.54) is 17.7 Å². The van der Waals surface area contributed by atoms with Crippen LogP contribution in [0.1, 0.15) is 77.9 Å². The zero-order valence-electron chi connectivity index (χ0n) is 20.9. The third-order valence-corrected chi connectivity index (χ3v) is 7.13. The third kappa shape index (κ3) is 6.06. The van der Waals surface area contributed by atoms with Crippen LogP contribution in [0, 0.1) is 5.92 Å². The summed E-state index contributed by atoms with van der Waals surface area (Å²) in [7, 11) is 0. The van der Waals surface area contributed by atoms with E-state index in [0.29, 0.717) is 5.69 Å². The predicted molar refractivity (Wildman–Crippen MR) is 136 cm³/mol. The number of amides is 1. The van der Waals surface area contributed by atoms with Crippen molar-refractivity contribution in [3.05, 3.63) is 88.7 Å². The average molecular weight is 513 g/mol. The van der Waals surface area contributed by atoms with E-state index in [-0.39, 0.29) is 23.7 Å². The Balaban J connectivity index is 1.54. The molecule has 1 heterocycles. The Hall–Kier alpha value is -3.55. The number of anilines is 1. The number of carbonyl (C=O) groups is 2. The van der Waals surface area contributed by atoms with Crippen molar-refractivity contribution in [2.75, 3.05) is 5.32 Å². The predicted octanol–water partition coefficient (Wildman–Crippen LogP) is 7.09. The van der Waals surface area contributed by atoms with E-state index in [1.807, 2.05) is 42.7 Å². The van der Waals surface area contributed by atoms with E-state index in [9.17, 15) is 27.9 Å². The molecule has 5 nitrogen and oxygen atoms in total. The maximum atomic E-state index is 13.6. The summed E-state index contributed by atoms with van der Waals surface area (Å²) >= 11 is 0. The first-order chi connectivity index (χ1) is 17.6. The van der Waals surface area contributed by atoms with Gasteiger partial charge in [-0.25, -0.2) is 0 Å². The Morgan fingerprint density at radius 2 is 1.81 bits per heavy atom. The summed E-state index contributed by atoms with van der Waals surface area (Å²) in [5, 5.41) is 12.0. The van der Waals surface area contributed by atoms with Gasteiger partial charge in [-0.1, -0.05) is 37.3 Å². The molecule has 1 aliphatic rings. The molecule has 0 bridgehead atoms. The molecule has 1 aromatic heterocycles. The lowest BCUT2D eigenvalue weighted by Crippen LogP contribution is -2.21. The van der Waals surface area contributed by atoms with Crippen molar-refractivity contribution in [3.63, 3.8) is 0 Å². The van der Waals surface area contributed by atoms with Crippen LogP contribution in [0.2, 0.25) is 0 Å². The number of aromatic nitrogens is 1. The van der Waals surface area contributed by atoms with Gasteiger partial charge in [0.1, 0.15) is 5.69 Å². The van der Waals surface area contributed by atoms with Crippen LogP contribution in [0.15, 0.2) is 60.7 Å². The van der Waals surface area contributed by atoms with E-state index in [2.05, 4.69) is 17.4 Å². The molecule has 0 saturated heterocycles. The summed E-state index contributed by atoms with van der Waals surface area (Å²) in [6.45, 7) is 4.07. The standard InChI is InChI=1S/C29H31F3N2O3/c1-3-18(2)34-21(11-7-10-19-8-5-4-6-9-19)13-15-26(34)27(35)33-20-12-14-25(29(30,31)32)23(16-20)22-17-24(22)28(36)37/h4-6,8-9,12-16,18,22,24H,3,7,10-11,17H2,1-2H3,(H,33,35)(H,36,37)/t18?,22-,24+/m0/s1. The molecule has 0 spiro atoms. The van der Waals surface area contributed by atoms with Crippen LogP contribution in [0.3, 0.4) is 0 Å². The molecule has 1 aliphatic carbocycles. The Morgan fingerprint density at radius 1 is 1.08 bits per heavy atom. The van der Waals surface area contributed by atoms with E-state index < -0.39 is 35.5 Å². The van der Waals surface area contributed by atoms with Crippen molar-refractivity contribution < 1.29 is 27.9 Å². The quantitative estimate of drug-likeness (QED) is 0.305. The summed E-state index contributed by atoms with van der Waals surface area (Å²) in [5.74, 6) is -3.08. The van der Waals surface area contributed by atoms with Gasteiger partial charge < -0.3 is 15.0 Å². The highest BCUT2D eigenvalue weighted by molar-refractivity contribution is 6.03. The van der Waals surface area contributed by atoms with Gasteiger partial charge in [-0.2, -0.15) is 13.2 Å². The van der Waals surface area contributed by atoms with Crippen molar-refractivity contribution >= 4 is 17.6 Å². The highest BCUT2D eigenvalue weighted by Gasteiger charge is 2.48. The molecule has 0 aliphatic heterocycles. The summed E-state index contributed by atoms with van der Waals surface area (Å²) in [4.78, 5) is 24.6. The van der Waals surface area contributed by atoms with Gasteiger partial charge in [-0.3, -0.25) is 9.59 Å². The smallest absolute Gasteiger partial charge is 0.416 e. The molecule has 1 amide bonds. The first-order valence-corrected chi connectivity index (χ1v) is 12.6. The molecule has 4 rings (SSSR count). The van der Waals surface area contributed by atoms with Crippen molar-refractivity contribution in [1.29, 1.82) is 0 Å². The molecule has 3 atom stereocenters. The lowest BCUT2D eigenvalue weighted by molar-refractivity contribution is -0.140. The molecule has 2 aromatic carbocycles. The number of halogens is 3. The normalized spacial score (nSPS) is 17.9. The number of benzene rings is 2. The molecule has 0 radical (unpaired) electrons. The van der Waals surface area contributed by atoms with Crippen LogP contribution >= 0.6 is 0 Å². The van der Waals surface area contributed by atoms with Crippen LogP contribution in [-0.2, 0) is 23.8 Å². The second-order valence-electron chi connectivity index (χ2n) is 9.72. The number of alkyl halides is 3. The summed E-state index contributed by atoms with van der Waals surface area (Å²) in [5.41, 5.74) is 2.00. The van der Waals surface area contributed by atoms with E-state index in [0.717, 1.165) is 37.4 Å². The zero-order valence-corrected chi connectivity index (χ0v) is 20.9. The number of carboxylic acid groups (broad SMARTS) is 1. The van der Waals surface area contributed by atoms with Crippen molar-refractivity contribution in [3.8, 4) is 0 Å². The number of aryl methyl sites for hydroxylation is 2. The minimum absolute atomic E-state index is 0.0634.